The van der Waals surface area contributed by atoms with Crippen molar-refractivity contribution in [1.82, 2.24) is 0 Å². The Bertz CT molecular complexity index is 287. The van der Waals surface area contributed by atoms with Crippen molar-refractivity contribution in [3.8, 4) is 0 Å². The van der Waals surface area contributed by atoms with Crippen molar-refractivity contribution < 1.29 is 5.11 Å². The average Bonchev–Trinajstić information content (AvgIpc) is 2.15. The topological polar surface area (TPSA) is 20.2 Å². The van der Waals surface area contributed by atoms with Gasteiger partial charge in [-0.2, -0.15) is 0 Å². The van der Waals surface area contributed by atoms with E-state index in [9.17, 15) is 0 Å². The second-order valence-corrected chi connectivity index (χ2v) is 2.49. The number of rotatable bonds is 3. The first-order valence-corrected chi connectivity index (χ1v) is 3.88. The highest BCUT2D eigenvalue weighted by atomic mass is 16.2. The Labute approximate surface area is 72.7 Å². The van der Waals surface area contributed by atoms with Gasteiger partial charge >= 0.3 is 0 Å². The predicted octanol–water partition coefficient (Wildman–Crippen LogP) is 2.94. The number of allylic oxidation sites excluding steroid dienone is 1. The Morgan fingerprint density at radius 1 is 1.33 bits per heavy atom. The molecule has 0 bridgehead atoms. The molecule has 0 spiro atoms. The molecular formula is C11H12O. The van der Waals surface area contributed by atoms with Crippen LogP contribution in [-0.2, 0) is 6.42 Å². The van der Waals surface area contributed by atoms with Gasteiger partial charge in [-0.15, -0.1) is 0 Å². The van der Waals surface area contributed by atoms with Crippen LogP contribution in [0.5, 0.6) is 0 Å². The fraction of sp³-hybridized carbons (Fsp3) is 0.0909. The summed E-state index contributed by atoms with van der Waals surface area (Å²) < 4.78 is 0. The second-order valence-electron chi connectivity index (χ2n) is 2.49. The van der Waals surface area contributed by atoms with Crippen LogP contribution in [0.25, 0.3) is 6.08 Å². The molecule has 0 saturated carbocycles. The number of hydrogen-bond donors (Lipinski definition) is 1. The van der Waals surface area contributed by atoms with Crippen LogP contribution in [0.15, 0.2) is 43.2 Å². The van der Waals surface area contributed by atoms with Gasteiger partial charge in [-0.1, -0.05) is 36.9 Å². The summed E-state index contributed by atoms with van der Waals surface area (Å²) in [6.45, 7) is 3.71. The predicted molar refractivity (Wildman–Crippen MR) is 52.0 cm³/mol. The zero-order chi connectivity index (χ0) is 8.81. The van der Waals surface area contributed by atoms with Crippen molar-refractivity contribution in [2.45, 2.75) is 6.42 Å². The SMILES string of the molecule is C=Cc1ccccc1CC=CO. The van der Waals surface area contributed by atoms with Gasteiger partial charge < -0.3 is 5.11 Å². The molecule has 0 aliphatic rings. The van der Waals surface area contributed by atoms with Crippen molar-refractivity contribution in [2.75, 3.05) is 0 Å². The minimum absolute atomic E-state index is 0.749. The molecule has 1 N–H and O–H groups in total. The van der Waals surface area contributed by atoms with Gasteiger partial charge in [0.1, 0.15) is 0 Å². The first-order chi connectivity index (χ1) is 5.88. The highest BCUT2D eigenvalue weighted by Crippen LogP contribution is 2.10. The number of aliphatic hydroxyl groups is 1. The van der Waals surface area contributed by atoms with E-state index >= 15 is 0 Å². The summed E-state index contributed by atoms with van der Waals surface area (Å²) in [6.07, 6.45) is 5.35. The first-order valence-electron chi connectivity index (χ1n) is 3.88. The Balaban J connectivity index is 2.89. The van der Waals surface area contributed by atoms with Gasteiger partial charge in [0.15, 0.2) is 0 Å². The Morgan fingerprint density at radius 3 is 2.75 bits per heavy atom. The highest BCUT2D eigenvalue weighted by Gasteiger charge is 1.93. The summed E-state index contributed by atoms with van der Waals surface area (Å²) in [5.74, 6) is 0. The lowest BCUT2D eigenvalue weighted by molar-refractivity contribution is 0.471. The third-order valence-electron chi connectivity index (χ3n) is 1.72. The summed E-state index contributed by atoms with van der Waals surface area (Å²) in [6, 6.07) is 7.99. The molecular weight excluding hydrogens is 148 g/mol. The zero-order valence-corrected chi connectivity index (χ0v) is 6.90. The number of benzene rings is 1. The fourth-order valence-electron chi connectivity index (χ4n) is 1.10. The molecule has 0 amide bonds. The molecule has 1 heteroatoms. The minimum Gasteiger partial charge on any atom is -0.516 e. The third kappa shape index (κ3) is 1.99. The van der Waals surface area contributed by atoms with Crippen molar-refractivity contribution in [3.63, 3.8) is 0 Å². The van der Waals surface area contributed by atoms with Crippen LogP contribution in [0.4, 0.5) is 0 Å². The maximum atomic E-state index is 8.48. The van der Waals surface area contributed by atoms with Gasteiger partial charge in [0.2, 0.25) is 0 Å². The van der Waals surface area contributed by atoms with E-state index in [-0.39, 0.29) is 0 Å². The van der Waals surface area contributed by atoms with Crippen molar-refractivity contribution in [1.29, 1.82) is 0 Å². The maximum Gasteiger partial charge on any atom is 0.0755 e. The van der Waals surface area contributed by atoms with Gasteiger partial charge in [-0.3, -0.25) is 0 Å². The molecule has 1 rings (SSSR count). The number of aliphatic hydroxyl groups excluding tert-OH is 1. The molecule has 0 atom stereocenters. The van der Waals surface area contributed by atoms with Crippen LogP contribution >= 0.6 is 0 Å². The molecule has 0 radical (unpaired) electrons. The molecule has 1 nitrogen and oxygen atoms in total. The first kappa shape index (κ1) is 8.60. The quantitative estimate of drug-likeness (QED) is 0.674. The van der Waals surface area contributed by atoms with E-state index in [1.165, 1.54) is 5.56 Å². The van der Waals surface area contributed by atoms with E-state index in [4.69, 9.17) is 5.11 Å². The van der Waals surface area contributed by atoms with E-state index in [1.54, 1.807) is 6.08 Å². The molecule has 0 aromatic heterocycles. The third-order valence-corrected chi connectivity index (χ3v) is 1.72. The average molecular weight is 160 g/mol. The molecule has 62 valence electrons. The van der Waals surface area contributed by atoms with Gasteiger partial charge in [-0.25, -0.2) is 0 Å². The molecule has 0 aliphatic heterocycles. The van der Waals surface area contributed by atoms with Gasteiger partial charge in [-0.05, 0) is 23.6 Å². The van der Waals surface area contributed by atoms with Crippen LogP contribution in [0.1, 0.15) is 11.1 Å². The fourth-order valence-corrected chi connectivity index (χ4v) is 1.10. The summed E-state index contributed by atoms with van der Waals surface area (Å²) in [4.78, 5) is 0. The summed E-state index contributed by atoms with van der Waals surface area (Å²) in [5, 5.41) is 8.48. The highest BCUT2D eigenvalue weighted by molar-refractivity contribution is 5.52. The smallest absolute Gasteiger partial charge is 0.0755 e. The lowest BCUT2D eigenvalue weighted by Gasteiger charge is -2.00. The van der Waals surface area contributed by atoms with E-state index in [2.05, 4.69) is 6.58 Å². The van der Waals surface area contributed by atoms with Crippen molar-refractivity contribution in [3.05, 3.63) is 54.3 Å². The molecule has 0 aliphatic carbocycles. The molecule has 1 aromatic rings. The Hall–Kier alpha value is -1.50. The summed E-state index contributed by atoms with van der Waals surface area (Å²) in [5.41, 5.74) is 2.30. The van der Waals surface area contributed by atoms with Crippen LogP contribution in [0.2, 0.25) is 0 Å². The normalized spacial score (nSPS) is 10.3. The molecule has 0 heterocycles. The van der Waals surface area contributed by atoms with Gasteiger partial charge in [0, 0.05) is 0 Å². The lowest BCUT2D eigenvalue weighted by Crippen LogP contribution is -1.85. The van der Waals surface area contributed by atoms with Gasteiger partial charge in [0.05, 0.1) is 6.26 Å². The molecule has 1 aromatic carbocycles. The Morgan fingerprint density at radius 2 is 2.08 bits per heavy atom. The summed E-state index contributed by atoms with van der Waals surface area (Å²) >= 11 is 0. The van der Waals surface area contributed by atoms with Crippen LogP contribution in [0, 0.1) is 0 Å². The van der Waals surface area contributed by atoms with Crippen LogP contribution in [-0.4, -0.2) is 5.11 Å². The standard InChI is InChI=1S/C11H12O/c1-2-10-6-3-4-7-11(10)8-5-9-12/h2-7,9,12H,1,8H2. The van der Waals surface area contributed by atoms with E-state index in [0.717, 1.165) is 18.2 Å². The Kier molecular flexibility index (Phi) is 3.15. The summed E-state index contributed by atoms with van der Waals surface area (Å²) in [7, 11) is 0. The molecule has 12 heavy (non-hydrogen) atoms. The van der Waals surface area contributed by atoms with E-state index in [1.807, 2.05) is 30.3 Å². The molecule has 0 fully saturated rings. The van der Waals surface area contributed by atoms with E-state index < -0.39 is 0 Å². The molecule has 0 unspecified atom stereocenters. The van der Waals surface area contributed by atoms with Crippen molar-refractivity contribution in [2.24, 2.45) is 0 Å². The van der Waals surface area contributed by atoms with E-state index in [0.29, 0.717) is 0 Å². The second kappa shape index (κ2) is 4.39. The monoisotopic (exact) mass is 160 g/mol. The number of hydrogen-bond acceptors (Lipinski definition) is 1. The van der Waals surface area contributed by atoms with Crippen molar-refractivity contribution >= 4 is 6.08 Å². The minimum atomic E-state index is 0.749. The largest absolute Gasteiger partial charge is 0.516 e. The molecule has 0 saturated heterocycles. The van der Waals surface area contributed by atoms with Gasteiger partial charge in [0.25, 0.3) is 0 Å². The van der Waals surface area contributed by atoms with Crippen LogP contribution < -0.4 is 0 Å². The lowest BCUT2D eigenvalue weighted by atomic mass is 10.1. The maximum absolute atomic E-state index is 8.48. The zero-order valence-electron chi connectivity index (χ0n) is 6.90. The van der Waals surface area contributed by atoms with Crippen LogP contribution in [0.3, 0.4) is 0 Å².